The van der Waals surface area contributed by atoms with Crippen LogP contribution in [0.2, 0.25) is 0 Å². The maximum atomic E-state index is 6.05. The van der Waals surface area contributed by atoms with E-state index in [9.17, 15) is 0 Å². The van der Waals surface area contributed by atoms with Gasteiger partial charge in [0, 0.05) is 5.38 Å². The molecule has 0 rings (SSSR count). The number of halogens is 1. The molecule has 0 spiro atoms. The summed E-state index contributed by atoms with van der Waals surface area (Å²) in [6.07, 6.45) is 4.90. The summed E-state index contributed by atoms with van der Waals surface area (Å²) in [7, 11) is 0. The van der Waals surface area contributed by atoms with Gasteiger partial charge in [0.2, 0.25) is 0 Å². The van der Waals surface area contributed by atoms with Crippen molar-refractivity contribution in [3.8, 4) is 0 Å². The van der Waals surface area contributed by atoms with Crippen molar-refractivity contribution < 1.29 is 0 Å². The van der Waals surface area contributed by atoms with Crippen LogP contribution in [-0.4, -0.2) is 5.38 Å². The smallest absolute Gasteiger partial charge is 0.0338 e. The Morgan fingerprint density at radius 3 is 2.30 bits per heavy atom. The van der Waals surface area contributed by atoms with Crippen molar-refractivity contribution in [1.82, 2.24) is 0 Å². The molecule has 1 atom stereocenters. The first-order valence-corrected chi connectivity index (χ1v) is 4.74. The zero-order valence-electron chi connectivity index (χ0n) is 7.36. The lowest BCUT2D eigenvalue weighted by molar-refractivity contribution is 0.531. The van der Waals surface area contributed by atoms with Gasteiger partial charge in [-0.05, 0) is 18.8 Å². The van der Waals surface area contributed by atoms with Gasteiger partial charge in [0.25, 0.3) is 0 Å². The molecule has 0 amide bonds. The average molecular weight is 163 g/mol. The molecule has 0 nitrogen and oxygen atoms in total. The van der Waals surface area contributed by atoms with Crippen LogP contribution >= 0.6 is 11.6 Å². The van der Waals surface area contributed by atoms with Crippen molar-refractivity contribution in [2.75, 3.05) is 0 Å². The Morgan fingerprint density at radius 2 is 1.90 bits per heavy atom. The molecule has 0 aliphatic heterocycles. The van der Waals surface area contributed by atoms with Crippen molar-refractivity contribution in [1.29, 1.82) is 0 Å². The minimum atomic E-state index is 0.417. The predicted molar refractivity (Wildman–Crippen MR) is 48.6 cm³/mol. The van der Waals surface area contributed by atoms with Crippen molar-refractivity contribution in [3.63, 3.8) is 0 Å². The van der Waals surface area contributed by atoms with Crippen LogP contribution < -0.4 is 0 Å². The van der Waals surface area contributed by atoms with Crippen LogP contribution in [0.1, 0.15) is 46.5 Å². The zero-order chi connectivity index (χ0) is 7.98. The van der Waals surface area contributed by atoms with E-state index in [1.807, 2.05) is 0 Å². The summed E-state index contributed by atoms with van der Waals surface area (Å²) >= 11 is 6.05. The second-order valence-electron chi connectivity index (χ2n) is 3.37. The van der Waals surface area contributed by atoms with E-state index in [-0.39, 0.29) is 0 Å². The Hall–Kier alpha value is 0.290. The van der Waals surface area contributed by atoms with Gasteiger partial charge in [0.05, 0.1) is 0 Å². The largest absolute Gasteiger partial charge is 0.123 e. The van der Waals surface area contributed by atoms with Crippen LogP contribution in [0, 0.1) is 5.92 Å². The Morgan fingerprint density at radius 1 is 1.30 bits per heavy atom. The normalized spacial score (nSPS) is 14.1. The Labute approximate surface area is 70.0 Å². The fraction of sp³-hybridized carbons (Fsp3) is 1.00. The van der Waals surface area contributed by atoms with E-state index in [2.05, 4.69) is 20.8 Å². The van der Waals surface area contributed by atoms with Crippen LogP contribution in [0.25, 0.3) is 0 Å². The number of rotatable bonds is 5. The lowest BCUT2D eigenvalue weighted by atomic mass is 10.0. The van der Waals surface area contributed by atoms with Gasteiger partial charge in [-0.2, -0.15) is 0 Å². The molecule has 0 radical (unpaired) electrons. The van der Waals surface area contributed by atoms with Crippen LogP contribution in [0.15, 0.2) is 0 Å². The summed E-state index contributed by atoms with van der Waals surface area (Å²) < 4.78 is 0. The quantitative estimate of drug-likeness (QED) is 0.539. The van der Waals surface area contributed by atoms with Crippen molar-refractivity contribution in [2.45, 2.75) is 51.8 Å². The lowest BCUT2D eigenvalue weighted by Crippen LogP contribution is -2.02. The second kappa shape index (κ2) is 6.03. The van der Waals surface area contributed by atoms with E-state index in [1.165, 1.54) is 25.7 Å². The molecule has 0 fully saturated rings. The van der Waals surface area contributed by atoms with Gasteiger partial charge in [-0.1, -0.05) is 33.6 Å². The van der Waals surface area contributed by atoms with E-state index >= 15 is 0 Å². The fourth-order valence-electron chi connectivity index (χ4n) is 1.05. The second-order valence-corrected chi connectivity index (χ2v) is 3.99. The molecule has 10 heavy (non-hydrogen) atoms. The Kier molecular flexibility index (Phi) is 6.20. The van der Waals surface area contributed by atoms with Gasteiger partial charge in [0.1, 0.15) is 0 Å². The minimum Gasteiger partial charge on any atom is -0.123 e. The highest BCUT2D eigenvalue weighted by molar-refractivity contribution is 6.20. The standard InChI is InChI=1S/C9H19Cl/c1-4-5-6-9(10)7-8(2)3/h8-9H,4-7H2,1-3H3. The zero-order valence-corrected chi connectivity index (χ0v) is 8.12. The molecule has 0 aliphatic rings. The molecule has 62 valence electrons. The number of alkyl halides is 1. The molecule has 0 saturated carbocycles. The van der Waals surface area contributed by atoms with Gasteiger partial charge in [-0.3, -0.25) is 0 Å². The molecular formula is C9H19Cl. The maximum Gasteiger partial charge on any atom is 0.0338 e. The summed E-state index contributed by atoms with van der Waals surface area (Å²) in [5.41, 5.74) is 0. The van der Waals surface area contributed by atoms with Crippen LogP contribution in [0.5, 0.6) is 0 Å². The summed E-state index contributed by atoms with van der Waals surface area (Å²) in [5.74, 6) is 0.749. The first-order valence-electron chi connectivity index (χ1n) is 4.30. The Balaban J connectivity index is 3.16. The predicted octanol–water partition coefficient (Wildman–Crippen LogP) is 3.83. The van der Waals surface area contributed by atoms with E-state index in [1.54, 1.807) is 0 Å². The van der Waals surface area contributed by atoms with Crippen LogP contribution in [0.4, 0.5) is 0 Å². The molecule has 1 heteroatoms. The SMILES string of the molecule is CCCCC(Cl)CC(C)C. The van der Waals surface area contributed by atoms with Gasteiger partial charge in [-0.15, -0.1) is 11.6 Å². The first-order chi connectivity index (χ1) is 4.66. The average Bonchev–Trinajstić information content (AvgIpc) is 1.82. The molecule has 1 unspecified atom stereocenters. The molecule has 0 aromatic carbocycles. The molecule has 0 bridgehead atoms. The number of hydrogen-bond acceptors (Lipinski definition) is 0. The van der Waals surface area contributed by atoms with Crippen molar-refractivity contribution in [2.24, 2.45) is 5.92 Å². The Bertz CT molecular complexity index is 69.1. The summed E-state index contributed by atoms with van der Waals surface area (Å²) in [4.78, 5) is 0. The maximum absolute atomic E-state index is 6.05. The molecule has 0 heterocycles. The molecule has 0 saturated heterocycles. The highest BCUT2D eigenvalue weighted by atomic mass is 35.5. The topological polar surface area (TPSA) is 0 Å². The van der Waals surface area contributed by atoms with Gasteiger partial charge in [0.15, 0.2) is 0 Å². The molecule has 0 aliphatic carbocycles. The summed E-state index contributed by atoms with van der Waals surface area (Å²) in [6, 6.07) is 0. The van der Waals surface area contributed by atoms with Crippen LogP contribution in [0.3, 0.4) is 0 Å². The molecular weight excluding hydrogens is 144 g/mol. The highest BCUT2D eigenvalue weighted by Crippen LogP contribution is 2.16. The summed E-state index contributed by atoms with van der Waals surface area (Å²) in [5, 5.41) is 0.417. The van der Waals surface area contributed by atoms with Gasteiger partial charge in [-0.25, -0.2) is 0 Å². The summed E-state index contributed by atoms with van der Waals surface area (Å²) in [6.45, 7) is 6.65. The third-order valence-electron chi connectivity index (χ3n) is 1.60. The number of hydrogen-bond donors (Lipinski definition) is 0. The molecule has 0 aromatic rings. The van der Waals surface area contributed by atoms with E-state index < -0.39 is 0 Å². The highest BCUT2D eigenvalue weighted by Gasteiger charge is 2.05. The van der Waals surface area contributed by atoms with Crippen molar-refractivity contribution in [3.05, 3.63) is 0 Å². The fourth-order valence-corrected chi connectivity index (χ4v) is 1.57. The van der Waals surface area contributed by atoms with Gasteiger partial charge >= 0.3 is 0 Å². The third kappa shape index (κ3) is 6.41. The number of unbranched alkanes of at least 4 members (excludes halogenated alkanes) is 1. The van der Waals surface area contributed by atoms with Crippen LogP contribution in [-0.2, 0) is 0 Å². The minimum absolute atomic E-state index is 0.417. The molecule has 0 aromatic heterocycles. The van der Waals surface area contributed by atoms with E-state index in [0.717, 1.165) is 5.92 Å². The van der Waals surface area contributed by atoms with Crippen molar-refractivity contribution >= 4 is 11.6 Å². The van der Waals surface area contributed by atoms with Gasteiger partial charge < -0.3 is 0 Å². The molecule has 0 N–H and O–H groups in total. The van der Waals surface area contributed by atoms with E-state index in [4.69, 9.17) is 11.6 Å². The first kappa shape index (κ1) is 10.3. The van der Waals surface area contributed by atoms with E-state index in [0.29, 0.717) is 5.38 Å². The lowest BCUT2D eigenvalue weighted by Gasteiger charge is -2.10. The third-order valence-corrected chi connectivity index (χ3v) is 1.99. The monoisotopic (exact) mass is 162 g/mol.